The summed E-state index contributed by atoms with van der Waals surface area (Å²) in [6, 6.07) is 5.42. The summed E-state index contributed by atoms with van der Waals surface area (Å²) in [7, 11) is 1.59. The van der Waals surface area contributed by atoms with E-state index in [2.05, 4.69) is 0 Å². The first-order valence-corrected chi connectivity index (χ1v) is 6.62. The van der Waals surface area contributed by atoms with Crippen molar-refractivity contribution in [1.29, 1.82) is 0 Å². The van der Waals surface area contributed by atoms with Crippen molar-refractivity contribution in [2.45, 2.75) is 20.3 Å². The molecular formula is C14H20N2O2S. The summed E-state index contributed by atoms with van der Waals surface area (Å²) in [5.74, 6) is 0.630. The van der Waals surface area contributed by atoms with Crippen LogP contribution in [0.1, 0.15) is 29.3 Å². The number of benzene rings is 1. The van der Waals surface area contributed by atoms with Crippen LogP contribution in [0.3, 0.4) is 0 Å². The summed E-state index contributed by atoms with van der Waals surface area (Å²) in [5, 5.41) is 0. The van der Waals surface area contributed by atoms with Gasteiger partial charge in [-0.15, -0.1) is 0 Å². The van der Waals surface area contributed by atoms with E-state index < -0.39 is 0 Å². The quantitative estimate of drug-likeness (QED) is 0.811. The van der Waals surface area contributed by atoms with E-state index >= 15 is 0 Å². The molecule has 1 amide bonds. The number of nitrogens with two attached hydrogens (primary N) is 1. The predicted octanol–water partition coefficient (Wildman–Crippen LogP) is 2.14. The second-order valence-corrected chi connectivity index (χ2v) is 4.90. The summed E-state index contributed by atoms with van der Waals surface area (Å²) in [5.41, 5.74) is 7.12. The molecule has 0 atom stereocenters. The maximum Gasteiger partial charge on any atom is 0.254 e. The Balaban J connectivity index is 2.98. The summed E-state index contributed by atoms with van der Waals surface area (Å²) in [6.45, 7) is 4.88. The standard InChI is InChI=1S/C14H20N2O2S/c1-4-7-16(9-13(15)19)14(17)11-6-5-10(2)12(8-11)18-3/h5-6,8H,4,7,9H2,1-3H3,(H2,15,19). The highest BCUT2D eigenvalue weighted by Crippen LogP contribution is 2.20. The molecule has 0 fully saturated rings. The number of hydrogen-bond donors (Lipinski definition) is 1. The Morgan fingerprint density at radius 1 is 1.47 bits per heavy atom. The van der Waals surface area contributed by atoms with Crippen molar-refractivity contribution in [3.05, 3.63) is 29.3 Å². The van der Waals surface area contributed by atoms with Crippen molar-refractivity contribution >= 4 is 23.1 Å². The number of nitrogens with zero attached hydrogens (tertiary/aromatic N) is 1. The highest BCUT2D eigenvalue weighted by molar-refractivity contribution is 7.80. The molecule has 1 rings (SSSR count). The van der Waals surface area contributed by atoms with Crippen LogP contribution in [0.15, 0.2) is 18.2 Å². The van der Waals surface area contributed by atoms with Gasteiger partial charge in [-0.2, -0.15) is 0 Å². The van der Waals surface area contributed by atoms with Gasteiger partial charge in [0, 0.05) is 12.1 Å². The molecule has 0 radical (unpaired) electrons. The van der Waals surface area contributed by atoms with Gasteiger partial charge in [-0.05, 0) is 31.0 Å². The van der Waals surface area contributed by atoms with E-state index in [-0.39, 0.29) is 5.91 Å². The van der Waals surface area contributed by atoms with Gasteiger partial charge in [0.2, 0.25) is 0 Å². The Morgan fingerprint density at radius 2 is 2.16 bits per heavy atom. The third-order valence-electron chi connectivity index (χ3n) is 2.78. The minimum Gasteiger partial charge on any atom is -0.496 e. The largest absolute Gasteiger partial charge is 0.496 e. The number of rotatable bonds is 6. The van der Waals surface area contributed by atoms with Gasteiger partial charge in [0.05, 0.1) is 18.6 Å². The van der Waals surface area contributed by atoms with E-state index in [1.54, 1.807) is 24.1 Å². The second-order valence-electron chi connectivity index (χ2n) is 4.38. The summed E-state index contributed by atoms with van der Waals surface area (Å²) >= 11 is 4.88. The van der Waals surface area contributed by atoms with Crippen molar-refractivity contribution in [2.24, 2.45) is 5.73 Å². The smallest absolute Gasteiger partial charge is 0.254 e. The number of thiocarbonyl (C=S) groups is 1. The molecule has 1 aromatic carbocycles. The highest BCUT2D eigenvalue weighted by Gasteiger charge is 2.16. The molecule has 2 N–H and O–H groups in total. The van der Waals surface area contributed by atoms with Gasteiger partial charge in [-0.3, -0.25) is 4.79 Å². The van der Waals surface area contributed by atoms with Crippen LogP contribution in [0.25, 0.3) is 0 Å². The minimum absolute atomic E-state index is 0.0760. The molecule has 0 aliphatic carbocycles. The third kappa shape index (κ3) is 4.21. The number of carbonyl (C=O) groups excluding carboxylic acids is 1. The van der Waals surface area contributed by atoms with Crippen molar-refractivity contribution in [3.63, 3.8) is 0 Å². The molecule has 0 aromatic heterocycles. The lowest BCUT2D eigenvalue weighted by Gasteiger charge is -2.22. The second kappa shape index (κ2) is 7.09. The molecule has 0 bridgehead atoms. The number of carbonyl (C=O) groups is 1. The van der Waals surface area contributed by atoms with Crippen LogP contribution < -0.4 is 10.5 Å². The summed E-state index contributed by atoms with van der Waals surface area (Å²) < 4.78 is 5.24. The van der Waals surface area contributed by atoms with E-state index in [0.29, 0.717) is 29.4 Å². The Kier molecular flexibility index (Phi) is 5.76. The van der Waals surface area contributed by atoms with Crippen LogP contribution in [0.4, 0.5) is 0 Å². The van der Waals surface area contributed by atoms with Gasteiger partial charge in [-0.1, -0.05) is 25.2 Å². The molecule has 4 nitrogen and oxygen atoms in total. The van der Waals surface area contributed by atoms with Gasteiger partial charge in [0.25, 0.3) is 5.91 Å². The van der Waals surface area contributed by atoms with Crippen LogP contribution >= 0.6 is 12.2 Å². The SMILES string of the molecule is CCCN(CC(N)=S)C(=O)c1ccc(C)c(OC)c1. The Morgan fingerprint density at radius 3 is 2.68 bits per heavy atom. The number of aryl methyl sites for hydroxylation is 1. The maximum atomic E-state index is 12.4. The fourth-order valence-electron chi connectivity index (χ4n) is 1.85. The lowest BCUT2D eigenvalue weighted by Crippen LogP contribution is -2.38. The molecule has 0 unspecified atom stereocenters. The third-order valence-corrected chi connectivity index (χ3v) is 2.91. The van der Waals surface area contributed by atoms with Gasteiger partial charge >= 0.3 is 0 Å². The Hall–Kier alpha value is -1.62. The maximum absolute atomic E-state index is 12.4. The summed E-state index contributed by atoms with van der Waals surface area (Å²) in [6.07, 6.45) is 0.858. The van der Waals surface area contributed by atoms with Crippen LogP contribution in [-0.2, 0) is 0 Å². The Bertz CT molecular complexity index is 475. The molecular weight excluding hydrogens is 260 g/mol. The average Bonchev–Trinajstić information content (AvgIpc) is 2.37. The molecule has 0 saturated carbocycles. The number of amides is 1. The van der Waals surface area contributed by atoms with Crippen LogP contribution in [0.2, 0.25) is 0 Å². The van der Waals surface area contributed by atoms with Crippen molar-refractivity contribution < 1.29 is 9.53 Å². The molecule has 0 saturated heterocycles. The first kappa shape index (κ1) is 15.4. The van der Waals surface area contributed by atoms with E-state index in [1.165, 1.54) is 0 Å². The van der Waals surface area contributed by atoms with E-state index in [0.717, 1.165) is 12.0 Å². The lowest BCUT2D eigenvalue weighted by atomic mass is 10.1. The Labute approximate surface area is 119 Å². The van der Waals surface area contributed by atoms with Gasteiger partial charge in [-0.25, -0.2) is 0 Å². The lowest BCUT2D eigenvalue weighted by molar-refractivity contribution is 0.0779. The predicted molar refractivity (Wildman–Crippen MR) is 80.7 cm³/mol. The van der Waals surface area contributed by atoms with Crippen LogP contribution in [0.5, 0.6) is 5.75 Å². The van der Waals surface area contributed by atoms with E-state index in [9.17, 15) is 4.79 Å². The van der Waals surface area contributed by atoms with E-state index in [4.69, 9.17) is 22.7 Å². The zero-order valence-electron chi connectivity index (χ0n) is 11.6. The molecule has 5 heteroatoms. The molecule has 104 valence electrons. The normalized spacial score (nSPS) is 10.1. The first-order valence-electron chi connectivity index (χ1n) is 6.21. The number of hydrogen-bond acceptors (Lipinski definition) is 3. The summed E-state index contributed by atoms with van der Waals surface area (Å²) in [4.78, 5) is 14.4. The zero-order chi connectivity index (χ0) is 14.4. The fourth-order valence-corrected chi connectivity index (χ4v) is 2.00. The first-order chi connectivity index (χ1) is 8.99. The highest BCUT2D eigenvalue weighted by atomic mass is 32.1. The molecule has 0 aliphatic heterocycles. The zero-order valence-corrected chi connectivity index (χ0v) is 12.4. The fraction of sp³-hybridized carbons (Fsp3) is 0.429. The monoisotopic (exact) mass is 280 g/mol. The van der Waals surface area contributed by atoms with Gasteiger partial charge < -0.3 is 15.4 Å². The van der Waals surface area contributed by atoms with Gasteiger partial charge in [0.15, 0.2) is 0 Å². The average molecular weight is 280 g/mol. The number of methoxy groups -OCH3 is 1. The van der Waals surface area contributed by atoms with Gasteiger partial charge in [0.1, 0.15) is 5.75 Å². The molecule has 1 aromatic rings. The van der Waals surface area contributed by atoms with Crippen LogP contribution in [-0.4, -0.2) is 36.0 Å². The molecule has 19 heavy (non-hydrogen) atoms. The van der Waals surface area contributed by atoms with Crippen molar-refractivity contribution in [3.8, 4) is 5.75 Å². The van der Waals surface area contributed by atoms with Crippen LogP contribution in [0, 0.1) is 6.92 Å². The van der Waals surface area contributed by atoms with Crippen molar-refractivity contribution in [1.82, 2.24) is 4.90 Å². The topological polar surface area (TPSA) is 55.6 Å². The number of ether oxygens (including phenoxy) is 1. The minimum atomic E-state index is -0.0760. The molecule has 0 aliphatic rings. The van der Waals surface area contributed by atoms with Crippen molar-refractivity contribution in [2.75, 3.05) is 20.2 Å². The molecule has 0 heterocycles. The van der Waals surface area contributed by atoms with E-state index in [1.807, 2.05) is 19.9 Å². The molecule has 0 spiro atoms.